The molecule has 0 atom stereocenters. The molecule has 1 saturated heterocycles. The zero-order chi connectivity index (χ0) is 22.6. The molecule has 0 spiro atoms. The van der Waals surface area contributed by atoms with Gasteiger partial charge in [0.15, 0.2) is 0 Å². The van der Waals surface area contributed by atoms with Crippen LogP contribution in [0.3, 0.4) is 0 Å². The van der Waals surface area contributed by atoms with Gasteiger partial charge in [0.05, 0.1) is 7.11 Å². The maximum atomic E-state index is 13.6. The number of carbonyl (C=O) groups is 2. The lowest BCUT2D eigenvalue weighted by molar-refractivity contribution is 0.0205. The summed E-state index contributed by atoms with van der Waals surface area (Å²) in [4.78, 5) is 29.6. The zero-order valence-corrected chi connectivity index (χ0v) is 19.1. The minimum Gasteiger partial charge on any atom is -0.497 e. The third kappa shape index (κ3) is 5.78. The van der Waals surface area contributed by atoms with E-state index in [0.717, 1.165) is 11.3 Å². The summed E-state index contributed by atoms with van der Waals surface area (Å²) in [6.45, 7) is 8.72. The molecule has 0 saturated carbocycles. The fraction of sp³-hybridized carbons (Fsp3) is 0.440. The summed E-state index contributed by atoms with van der Waals surface area (Å²) in [6, 6.07) is 15.2. The Balaban J connectivity index is 1.82. The number of aryl methyl sites for hydroxylation is 1. The molecule has 166 valence electrons. The molecule has 2 aromatic carbocycles. The van der Waals surface area contributed by atoms with Crippen LogP contribution in [0.5, 0.6) is 5.75 Å². The molecular formula is C25H32N2O4. The number of hydrogen-bond acceptors (Lipinski definition) is 4. The number of nitrogens with zero attached hydrogens (tertiary/aromatic N) is 2. The number of benzene rings is 2. The quantitative estimate of drug-likeness (QED) is 0.689. The Morgan fingerprint density at radius 1 is 1.03 bits per heavy atom. The van der Waals surface area contributed by atoms with Gasteiger partial charge in [-0.05, 0) is 70.9 Å². The highest BCUT2D eigenvalue weighted by Gasteiger charge is 2.33. The second kappa shape index (κ2) is 9.41. The van der Waals surface area contributed by atoms with E-state index in [2.05, 4.69) is 0 Å². The fourth-order valence-electron chi connectivity index (χ4n) is 3.73. The number of piperidine rings is 1. The summed E-state index contributed by atoms with van der Waals surface area (Å²) in [5, 5.41) is 0. The Morgan fingerprint density at radius 2 is 1.68 bits per heavy atom. The molecule has 2 aromatic rings. The van der Waals surface area contributed by atoms with Crippen molar-refractivity contribution in [1.82, 2.24) is 4.90 Å². The summed E-state index contributed by atoms with van der Waals surface area (Å²) in [7, 11) is 1.59. The van der Waals surface area contributed by atoms with E-state index < -0.39 is 5.60 Å². The van der Waals surface area contributed by atoms with E-state index >= 15 is 0 Å². The van der Waals surface area contributed by atoms with Crippen LogP contribution in [0.1, 0.15) is 49.5 Å². The highest BCUT2D eigenvalue weighted by molar-refractivity contribution is 6.06. The van der Waals surface area contributed by atoms with Crippen molar-refractivity contribution in [3.05, 3.63) is 59.7 Å². The predicted octanol–water partition coefficient (Wildman–Crippen LogP) is 5.05. The van der Waals surface area contributed by atoms with Gasteiger partial charge in [-0.25, -0.2) is 4.79 Å². The first-order valence-electron chi connectivity index (χ1n) is 10.7. The van der Waals surface area contributed by atoms with E-state index in [0.29, 0.717) is 37.2 Å². The third-order valence-corrected chi connectivity index (χ3v) is 5.33. The average Bonchev–Trinajstić information content (AvgIpc) is 2.74. The van der Waals surface area contributed by atoms with Gasteiger partial charge in [0.1, 0.15) is 11.4 Å². The number of ether oxygens (including phenoxy) is 2. The first-order chi connectivity index (χ1) is 14.7. The van der Waals surface area contributed by atoms with Crippen molar-refractivity contribution in [2.75, 3.05) is 25.1 Å². The van der Waals surface area contributed by atoms with E-state index in [9.17, 15) is 9.59 Å². The summed E-state index contributed by atoms with van der Waals surface area (Å²) in [6.07, 6.45) is 1.07. The predicted molar refractivity (Wildman–Crippen MR) is 122 cm³/mol. The van der Waals surface area contributed by atoms with Crippen molar-refractivity contribution in [2.45, 2.75) is 52.2 Å². The molecular weight excluding hydrogens is 392 g/mol. The molecule has 6 heteroatoms. The van der Waals surface area contributed by atoms with Crippen LogP contribution in [0.15, 0.2) is 48.5 Å². The number of likely N-dealkylation sites (tertiary alicyclic amines) is 1. The minimum absolute atomic E-state index is 0.0138. The smallest absolute Gasteiger partial charge is 0.410 e. The number of anilines is 1. The second-order valence-corrected chi connectivity index (χ2v) is 8.94. The standard InChI is InChI=1S/C25H32N2O4/c1-18-9-11-20(12-10-18)27(23(28)19-7-6-8-22(17-19)30-5)21-13-15-26(16-14-21)24(29)31-25(2,3)4/h6-12,17,21H,13-16H2,1-5H3. The van der Waals surface area contributed by atoms with E-state index in [1.165, 1.54) is 0 Å². The van der Waals surface area contributed by atoms with Crippen LogP contribution in [-0.4, -0.2) is 48.7 Å². The molecule has 0 unspecified atom stereocenters. The van der Waals surface area contributed by atoms with Crippen molar-refractivity contribution < 1.29 is 19.1 Å². The van der Waals surface area contributed by atoms with Gasteiger partial charge in [0.2, 0.25) is 0 Å². The molecule has 0 aliphatic carbocycles. The van der Waals surface area contributed by atoms with E-state index in [1.807, 2.05) is 75.1 Å². The molecule has 0 N–H and O–H groups in total. The molecule has 1 heterocycles. The van der Waals surface area contributed by atoms with Gasteiger partial charge in [0.25, 0.3) is 5.91 Å². The number of amides is 2. The van der Waals surface area contributed by atoms with Gasteiger partial charge in [-0.2, -0.15) is 0 Å². The van der Waals surface area contributed by atoms with Crippen molar-refractivity contribution in [2.24, 2.45) is 0 Å². The Labute approximate surface area is 184 Å². The molecule has 1 aliphatic heterocycles. The van der Waals surface area contributed by atoms with Crippen molar-refractivity contribution >= 4 is 17.7 Å². The third-order valence-electron chi connectivity index (χ3n) is 5.33. The number of carbonyl (C=O) groups excluding carboxylic acids is 2. The Kier molecular flexibility index (Phi) is 6.88. The normalized spacial score (nSPS) is 14.8. The molecule has 0 aromatic heterocycles. The van der Waals surface area contributed by atoms with Gasteiger partial charge in [0, 0.05) is 30.4 Å². The van der Waals surface area contributed by atoms with Crippen LogP contribution >= 0.6 is 0 Å². The zero-order valence-electron chi connectivity index (χ0n) is 19.1. The van der Waals surface area contributed by atoms with Gasteiger partial charge >= 0.3 is 6.09 Å². The molecule has 3 rings (SSSR count). The second-order valence-electron chi connectivity index (χ2n) is 8.94. The van der Waals surface area contributed by atoms with Crippen molar-refractivity contribution in [3.8, 4) is 5.75 Å². The van der Waals surface area contributed by atoms with Crippen LogP contribution in [0.25, 0.3) is 0 Å². The van der Waals surface area contributed by atoms with Crippen LogP contribution in [0.4, 0.5) is 10.5 Å². The topological polar surface area (TPSA) is 59.1 Å². The molecule has 2 amide bonds. The molecule has 1 aliphatic rings. The van der Waals surface area contributed by atoms with Crippen LogP contribution in [-0.2, 0) is 4.74 Å². The van der Waals surface area contributed by atoms with E-state index in [1.54, 1.807) is 18.1 Å². The van der Waals surface area contributed by atoms with Gasteiger partial charge < -0.3 is 19.3 Å². The lowest BCUT2D eigenvalue weighted by Gasteiger charge is -2.39. The van der Waals surface area contributed by atoms with Crippen molar-refractivity contribution in [3.63, 3.8) is 0 Å². The average molecular weight is 425 g/mol. The molecule has 6 nitrogen and oxygen atoms in total. The maximum absolute atomic E-state index is 13.6. The number of rotatable bonds is 4. The molecule has 1 fully saturated rings. The number of hydrogen-bond donors (Lipinski definition) is 0. The minimum atomic E-state index is -0.524. The summed E-state index contributed by atoms with van der Waals surface area (Å²) >= 11 is 0. The molecule has 0 bridgehead atoms. The largest absolute Gasteiger partial charge is 0.497 e. The van der Waals surface area contributed by atoms with E-state index in [-0.39, 0.29) is 18.0 Å². The molecule has 31 heavy (non-hydrogen) atoms. The van der Waals surface area contributed by atoms with Crippen LogP contribution in [0, 0.1) is 6.92 Å². The molecule has 0 radical (unpaired) electrons. The highest BCUT2D eigenvalue weighted by Crippen LogP contribution is 2.28. The Hall–Kier alpha value is -3.02. The Morgan fingerprint density at radius 3 is 2.26 bits per heavy atom. The monoisotopic (exact) mass is 424 g/mol. The van der Waals surface area contributed by atoms with Gasteiger partial charge in [-0.1, -0.05) is 23.8 Å². The fourth-order valence-corrected chi connectivity index (χ4v) is 3.73. The van der Waals surface area contributed by atoms with Crippen molar-refractivity contribution in [1.29, 1.82) is 0 Å². The van der Waals surface area contributed by atoms with Crippen LogP contribution in [0.2, 0.25) is 0 Å². The highest BCUT2D eigenvalue weighted by atomic mass is 16.6. The summed E-state index contributed by atoms with van der Waals surface area (Å²) in [5.74, 6) is 0.577. The lowest BCUT2D eigenvalue weighted by Crippen LogP contribution is -2.50. The Bertz CT molecular complexity index is 910. The maximum Gasteiger partial charge on any atom is 0.410 e. The first kappa shape index (κ1) is 22.7. The lowest BCUT2D eigenvalue weighted by atomic mass is 10.0. The SMILES string of the molecule is COc1cccc(C(=O)N(c2ccc(C)cc2)C2CCN(C(=O)OC(C)(C)C)CC2)c1. The summed E-state index contributed by atoms with van der Waals surface area (Å²) < 4.78 is 10.8. The van der Waals surface area contributed by atoms with Gasteiger partial charge in [-0.3, -0.25) is 4.79 Å². The van der Waals surface area contributed by atoms with Gasteiger partial charge in [-0.15, -0.1) is 0 Å². The number of methoxy groups -OCH3 is 1. The van der Waals surface area contributed by atoms with E-state index in [4.69, 9.17) is 9.47 Å². The van der Waals surface area contributed by atoms with Crippen LogP contribution < -0.4 is 9.64 Å². The summed E-state index contributed by atoms with van der Waals surface area (Å²) in [5.41, 5.74) is 2.05. The first-order valence-corrected chi connectivity index (χ1v) is 10.7.